The lowest BCUT2D eigenvalue weighted by molar-refractivity contribution is 0.0773. The van der Waals surface area contributed by atoms with Gasteiger partial charge in [-0.1, -0.05) is 31.2 Å². The van der Waals surface area contributed by atoms with Gasteiger partial charge in [0.2, 0.25) is 0 Å². The molecule has 0 spiro atoms. The number of nitrogens with zero attached hydrogens (tertiary/aromatic N) is 3. The summed E-state index contributed by atoms with van der Waals surface area (Å²) in [4.78, 5) is 19.5. The zero-order chi connectivity index (χ0) is 21.5. The number of para-hydroxylation sites is 1. The second kappa shape index (κ2) is 10.4. The largest absolute Gasteiger partial charge is 0.339 e. The topological polar surface area (TPSA) is 26.8 Å². The van der Waals surface area contributed by atoms with Crippen LogP contribution in [0.4, 0.5) is 11.4 Å². The molecule has 2 atom stereocenters. The van der Waals surface area contributed by atoms with E-state index in [4.69, 9.17) is 0 Å². The van der Waals surface area contributed by atoms with Crippen LogP contribution in [-0.2, 0) is 0 Å². The molecule has 1 aliphatic heterocycles. The van der Waals surface area contributed by atoms with Gasteiger partial charge >= 0.3 is 0 Å². The summed E-state index contributed by atoms with van der Waals surface area (Å²) in [5.74, 6) is 0.625. The summed E-state index contributed by atoms with van der Waals surface area (Å²) < 4.78 is 0. The Balaban J connectivity index is 1.89. The van der Waals surface area contributed by atoms with Crippen molar-refractivity contribution in [2.75, 3.05) is 37.6 Å². The van der Waals surface area contributed by atoms with Gasteiger partial charge < -0.3 is 9.80 Å². The maximum absolute atomic E-state index is 12.7. The highest BCUT2D eigenvalue weighted by Crippen LogP contribution is 2.34. The molecule has 1 fully saturated rings. The van der Waals surface area contributed by atoms with Crippen LogP contribution in [0.2, 0.25) is 0 Å². The van der Waals surface area contributed by atoms with E-state index < -0.39 is 0 Å². The van der Waals surface area contributed by atoms with Crippen LogP contribution in [0.15, 0.2) is 67.3 Å². The molecule has 1 heterocycles. The number of carbonyl (C=O) groups is 1. The smallest absolute Gasteiger partial charge is 0.253 e. The van der Waals surface area contributed by atoms with Crippen molar-refractivity contribution >= 4 is 17.3 Å². The van der Waals surface area contributed by atoms with E-state index in [9.17, 15) is 4.79 Å². The number of likely N-dealkylation sites (tertiary alicyclic amines) is 1. The molecule has 0 aliphatic carbocycles. The second-order valence-corrected chi connectivity index (χ2v) is 8.11. The van der Waals surface area contributed by atoms with Crippen LogP contribution in [0.3, 0.4) is 0 Å². The SMILES string of the molecule is C=CCN1CC[C@@H](N(c2ccccc2)c2ccc(C(=O)N(CC)CC)cc2)[C@H](C)C1. The molecule has 2 aromatic carbocycles. The highest BCUT2D eigenvalue weighted by Gasteiger charge is 2.31. The summed E-state index contributed by atoms with van der Waals surface area (Å²) in [5, 5.41) is 0. The number of piperidine rings is 1. The molecular formula is C26H35N3O. The standard InChI is InChI=1S/C26H35N3O/c1-5-18-27-19-17-25(21(4)20-27)29(23-11-9-8-10-12-23)24-15-13-22(14-16-24)26(30)28(6-2)7-3/h5,8-16,21,25H,1,6-7,17-20H2,2-4H3/t21-,25-/m1/s1. The van der Waals surface area contributed by atoms with Gasteiger partial charge in [-0.05, 0) is 62.6 Å². The van der Waals surface area contributed by atoms with E-state index in [-0.39, 0.29) is 5.91 Å². The van der Waals surface area contributed by atoms with Crippen molar-refractivity contribution in [2.24, 2.45) is 5.92 Å². The Bertz CT molecular complexity index is 814. The molecule has 3 rings (SSSR count). The minimum Gasteiger partial charge on any atom is -0.339 e. The van der Waals surface area contributed by atoms with E-state index in [1.807, 2.05) is 37.0 Å². The third kappa shape index (κ3) is 4.93. The van der Waals surface area contributed by atoms with Crippen LogP contribution in [0.1, 0.15) is 37.6 Å². The Morgan fingerprint density at radius 2 is 1.70 bits per heavy atom. The summed E-state index contributed by atoms with van der Waals surface area (Å²) in [6.07, 6.45) is 3.09. The number of rotatable bonds is 8. The van der Waals surface area contributed by atoms with Gasteiger partial charge in [0.1, 0.15) is 0 Å². The first-order chi connectivity index (χ1) is 14.6. The van der Waals surface area contributed by atoms with Crippen molar-refractivity contribution < 1.29 is 4.79 Å². The van der Waals surface area contributed by atoms with E-state index in [2.05, 4.69) is 65.8 Å². The third-order valence-corrected chi connectivity index (χ3v) is 6.14. The van der Waals surface area contributed by atoms with Crippen LogP contribution in [-0.4, -0.2) is 54.5 Å². The van der Waals surface area contributed by atoms with Crippen LogP contribution in [0.5, 0.6) is 0 Å². The molecule has 1 amide bonds. The normalized spacial score (nSPS) is 19.3. The summed E-state index contributed by atoms with van der Waals surface area (Å²) in [5.41, 5.74) is 3.10. The molecular weight excluding hydrogens is 370 g/mol. The molecule has 0 aromatic heterocycles. The maximum atomic E-state index is 12.7. The second-order valence-electron chi connectivity index (χ2n) is 8.11. The molecule has 1 aliphatic rings. The average molecular weight is 406 g/mol. The first-order valence-electron chi connectivity index (χ1n) is 11.2. The molecule has 160 valence electrons. The van der Waals surface area contributed by atoms with Gasteiger partial charge in [0.05, 0.1) is 0 Å². The van der Waals surface area contributed by atoms with Crippen LogP contribution in [0.25, 0.3) is 0 Å². The Hall–Kier alpha value is -2.59. The van der Waals surface area contributed by atoms with Gasteiger partial charge in [0, 0.05) is 55.7 Å². The Labute approximate surface area is 181 Å². The predicted molar refractivity (Wildman–Crippen MR) is 126 cm³/mol. The van der Waals surface area contributed by atoms with Crippen LogP contribution in [0, 0.1) is 5.92 Å². The van der Waals surface area contributed by atoms with E-state index in [0.29, 0.717) is 12.0 Å². The quantitative estimate of drug-likeness (QED) is 0.565. The molecule has 0 saturated carbocycles. The minimum atomic E-state index is 0.101. The molecule has 0 radical (unpaired) electrons. The van der Waals surface area contributed by atoms with Crippen molar-refractivity contribution in [3.63, 3.8) is 0 Å². The van der Waals surface area contributed by atoms with Crippen LogP contribution < -0.4 is 4.90 Å². The van der Waals surface area contributed by atoms with Gasteiger partial charge in [0.25, 0.3) is 5.91 Å². The third-order valence-electron chi connectivity index (χ3n) is 6.14. The van der Waals surface area contributed by atoms with Crippen molar-refractivity contribution in [3.8, 4) is 0 Å². The summed E-state index contributed by atoms with van der Waals surface area (Å²) in [6, 6.07) is 19.2. The number of anilines is 2. The molecule has 4 heteroatoms. The van der Waals surface area contributed by atoms with Crippen LogP contribution >= 0.6 is 0 Å². The van der Waals surface area contributed by atoms with Gasteiger partial charge in [-0.15, -0.1) is 6.58 Å². The van der Waals surface area contributed by atoms with E-state index in [0.717, 1.165) is 50.4 Å². The highest BCUT2D eigenvalue weighted by molar-refractivity contribution is 5.94. The predicted octanol–water partition coefficient (Wildman–Crippen LogP) is 5.20. The van der Waals surface area contributed by atoms with Crippen molar-refractivity contribution in [1.82, 2.24) is 9.80 Å². The van der Waals surface area contributed by atoms with Crippen molar-refractivity contribution in [3.05, 3.63) is 72.8 Å². The lowest BCUT2D eigenvalue weighted by atomic mass is 9.91. The molecule has 30 heavy (non-hydrogen) atoms. The Morgan fingerprint density at radius 1 is 1.07 bits per heavy atom. The van der Waals surface area contributed by atoms with Gasteiger partial charge in [-0.25, -0.2) is 0 Å². The van der Waals surface area contributed by atoms with E-state index >= 15 is 0 Å². The van der Waals surface area contributed by atoms with Gasteiger partial charge in [0.15, 0.2) is 0 Å². The zero-order valence-electron chi connectivity index (χ0n) is 18.6. The number of carbonyl (C=O) groups excluding carboxylic acids is 1. The fraction of sp³-hybridized carbons (Fsp3) is 0.423. The maximum Gasteiger partial charge on any atom is 0.253 e. The fourth-order valence-electron chi connectivity index (χ4n) is 4.53. The Kier molecular flexibility index (Phi) is 7.69. The number of hydrogen-bond donors (Lipinski definition) is 0. The van der Waals surface area contributed by atoms with Gasteiger partial charge in [-0.2, -0.15) is 0 Å². The van der Waals surface area contributed by atoms with Crippen molar-refractivity contribution in [2.45, 2.75) is 33.2 Å². The first-order valence-corrected chi connectivity index (χ1v) is 11.2. The van der Waals surface area contributed by atoms with Crippen molar-refractivity contribution in [1.29, 1.82) is 0 Å². The highest BCUT2D eigenvalue weighted by atomic mass is 16.2. The molecule has 0 unspecified atom stereocenters. The lowest BCUT2D eigenvalue weighted by Gasteiger charge is -2.43. The van der Waals surface area contributed by atoms with E-state index in [1.165, 1.54) is 5.69 Å². The monoisotopic (exact) mass is 405 g/mol. The molecule has 2 aromatic rings. The minimum absolute atomic E-state index is 0.101. The number of benzene rings is 2. The fourth-order valence-corrected chi connectivity index (χ4v) is 4.53. The molecule has 4 nitrogen and oxygen atoms in total. The Morgan fingerprint density at radius 3 is 2.27 bits per heavy atom. The summed E-state index contributed by atoms with van der Waals surface area (Å²) >= 11 is 0. The number of amides is 1. The average Bonchev–Trinajstić information content (AvgIpc) is 2.77. The molecule has 0 bridgehead atoms. The molecule has 0 N–H and O–H groups in total. The summed E-state index contributed by atoms with van der Waals surface area (Å²) in [7, 11) is 0. The summed E-state index contributed by atoms with van der Waals surface area (Å²) in [6.45, 7) is 14.8. The van der Waals surface area contributed by atoms with Gasteiger partial charge in [-0.3, -0.25) is 9.69 Å². The lowest BCUT2D eigenvalue weighted by Crippen LogP contribution is -2.48. The first kappa shape index (κ1) is 22.1. The van der Waals surface area contributed by atoms with E-state index in [1.54, 1.807) is 0 Å². The number of hydrogen-bond acceptors (Lipinski definition) is 3. The molecule has 1 saturated heterocycles. The zero-order valence-corrected chi connectivity index (χ0v) is 18.6.